The fourth-order valence-corrected chi connectivity index (χ4v) is 0.796. The van der Waals surface area contributed by atoms with E-state index in [0.29, 0.717) is 0 Å². The van der Waals surface area contributed by atoms with Gasteiger partial charge in [-0.25, -0.2) is 13.8 Å². The van der Waals surface area contributed by atoms with E-state index in [9.17, 15) is 13.2 Å². The highest BCUT2D eigenvalue weighted by atomic mass is 19.3. The summed E-state index contributed by atoms with van der Waals surface area (Å²) < 4.78 is 41.3. The second-order valence-corrected chi connectivity index (χ2v) is 2.19. The molecule has 1 heterocycles. The van der Waals surface area contributed by atoms with Crippen LogP contribution in [-0.2, 0) is 0 Å². The maximum absolute atomic E-state index is 12.5. The predicted octanol–water partition coefficient (Wildman–Crippen LogP) is 1.87. The molecule has 0 aliphatic carbocycles. The molecule has 0 atom stereocenters. The molecule has 13 heavy (non-hydrogen) atoms. The monoisotopic (exact) mass is 193 g/mol. The molecule has 0 amide bonds. The number of hydrogen-bond acceptors (Lipinski definition) is 3. The number of ether oxygens (including phenoxy) is 1. The van der Waals surface area contributed by atoms with Crippen molar-refractivity contribution in [3.63, 3.8) is 0 Å². The first kappa shape index (κ1) is 9.63. The van der Waals surface area contributed by atoms with Crippen LogP contribution in [0, 0.1) is 5.95 Å². The third kappa shape index (κ3) is 1.82. The van der Waals surface area contributed by atoms with Gasteiger partial charge < -0.3 is 9.84 Å². The van der Waals surface area contributed by atoms with E-state index >= 15 is 0 Å². The second-order valence-electron chi connectivity index (χ2n) is 2.19. The largest absolute Gasteiger partial charge is 0.504 e. The van der Waals surface area contributed by atoms with Gasteiger partial charge in [-0.15, -0.1) is 0 Å². The summed E-state index contributed by atoms with van der Waals surface area (Å²) >= 11 is 0. The Bertz CT molecular complexity index is 317. The predicted molar refractivity (Wildman–Crippen MR) is 37.4 cm³/mol. The smallest absolute Gasteiger partial charge is 0.284 e. The lowest BCUT2D eigenvalue weighted by atomic mass is 10.3. The van der Waals surface area contributed by atoms with Gasteiger partial charge in [-0.1, -0.05) is 0 Å². The van der Waals surface area contributed by atoms with Crippen LogP contribution >= 0.6 is 0 Å². The first-order valence-electron chi connectivity index (χ1n) is 3.27. The van der Waals surface area contributed by atoms with Crippen LogP contribution in [0.15, 0.2) is 6.07 Å². The average molecular weight is 193 g/mol. The molecule has 1 aromatic rings. The van der Waals surface area contributed by atoms with Gasteiger partial charge in [-0.3, -0.25) is 0 Å². The Morgan fingerprint density at radius 2 is 2.15 bits per heavy atom. The molecule has 0 bridgehead atoms. The van der Waals surface area contributed by atoms with Gasteiger partial charge in [0.05, 0.1) is 7.11 Å². The van der Waals surface area contributed by atoms with Gasteiger partial charge in [0.1, 0.15) is 5.75 Å². The van der Waals surface area contributed by atoms with Gasteiger partial charge in [0.2, 0.25) is 0 Å². The van der Waals surface area contributed by atoms with Gasteiger partial charge in [-0.2, -0.15) is 4.39 Å². The maximum atomic E-state index is 12.5. The molecule has 6 heteroatoms. The van der Waals surface area contributed by atoms with Crippen LogP contribution in [0.1, 0.15) is 12.1 Å². The molecule has 0 saturated heterocycles. The maximum Gasteiger partial charge on any atom is 0.284 e. The fourth-order valence-electron chi connectivity index (χ4n) is 0.796. The molecule has 1 N–H and O–H groups in total. The minimum Gasteiger partial charge on any atom is -0.504 e. The number of halogens is 3. The SMILES string of the molecule is COc1cc(O)c(F)nc1C(F)F. The summed E-state index contributed by atoms with van der Waals surface area (Å²) in [4.78, 5) is 2.85. The lowest BCUT2D eigenvalue weighted by Crippen LogP contribution is -1.98. The number of hydrogen-bond donors (Lipinski definition) is 1. The molecule has 1 rings (SSSR count). The first-order valence-corrected chi connectivity index (χ1v) is 3.27. The summed E-state index contributed by atoms with van der Waals surface area (Å²) in [6, 6.07) is 0.754. The summed E-state index contributed by atoms with van der Waals surface area (Å²) in [5.74, 6) is -2.49. The van der Waals surface area contributed by atoms with Crippen molar-refractivity contribution in [3.8, 4) is 11.5 Å². The Labute approximate surface area is 71.8 Å². The number of alkyl halides is 2. The van der Waals surface area contributed by atoms with E-state index in [1.54, 1.807) is 0 Å². The van der Waals surface area contributed by atoms with Crippen LogP contribution in [0.5, 0.6) is 11.5 Å². The third-order valence-corrected chi connectivity index (χ3v) is 1.38. The van der Waals surface area contributed by atoms with E-state index in [1.807, 2.05) is 0 Å². The van der Waals surface area contributed by atoms with Gasteiger partial charge >= 0.3 is 0 Å². The van der Waals surface area contributed by atoms with Crippen LogP contribution in [0.25, 0.3) is 0 Å². The zero-order valence-electron chi connectivity index (χ0n) is 6.59. The van der Waals surface area contributed by atoms with E-state index in [1.165, 1.54) is 0 Å². The van der Waals surface area contributed by atoms with Crippen LogP contribution in [0.3, 0.4) is 0 Å². The summed E-state index contributed by atoms with van der Waals surface area (Å²) in [7, 11) is 1.13. The Morgan fingerprint density at radius 1 is 1.54 bits per heavy atom. The highest BCUT2D eigenvalue weighted by Crippen LogP contribution is 2.30. The van der Waals surface area contributed by atoms with E-state index in [0.717, 1.165) is 13.2 Å². The van der Waals surface area contributed by atoms with Gasteiger partial charge in [-0.05, 0) is 0 Å². The number of rotatable bonds is 2. The highest BCUT2D eigenvalue weighted by Gasteiger charge is 2.19. The molecule has 0 aromatic carbocycles. The minimum atomic E-state index is -2.94. The van der Waals surface area contributed by atoms with E-state index < -0.39 is 23.8 Å². The number of aromatic nitrogens is 1. The topological polar surface area (TPSA) is 42.4 Å². The summed E-state index contributed by atoms with van der Waals surface area (Å²) in [5, 5.41) is 8.78. The standard InChI is InChI=1S/C7H6F3NO2/c1-13-4-2-3(12)7(10)11-5(4)6(8)9/h2,6,12H,1H3. The molecule has 0 radical (unpaired) electrons. The molecular formula is C7H6F3NO2. The Kier molecular flexibility index (Phi) is 2.60. The van der Waals surface area contributed by atoms with Crippen molar-refractivity contribution in [2.45, 2.75) is 6.43 Å². The quantitative estimate of drug-likeness (QED) is 0.729. The zero-order chi connectivity index (χ0) is 10.0. The molecule has 0 aliphatic rings. The summed E-state index contributed by atoms with van der Waals surface area (Å²) in [6.07, 6.45) is -2.94. The molecule has 72 valence electrons. The summed E-state index contributed by atoms with van der Waals surface area (Å²) in [5.41, 5.74) is -0.821. The normalized spacial score (nSPS) is 10.5. The van der Waals surface area contributed by atoms with E-state index in [-0.39, 0.29) is 5.75 Å². The van der Waals surface area contributed by atoms with Gasteiger partial charge in [0.15, 0.2) is 11.4 Å². The van der Waals surface area contributed by atoms with Crippen molar-refractivity contribution in [1.82, 2.24) is 4.98 Å². The van der Waals surface area contributed by atoms with Crippen LogP contribution in [0.2, 0.25) is 0 Å². The number of nitrogens with zero attached hydrogens (tertiary/aromatic N) is 1. The van der Waals surface area contributed by atoms with Crippen molar-refractivity contribution in [2.24, 2.45) is 0 Å². The van der Waals surface area contributed by atoms with Crippen molar-refractivity contribution < 1.29 is 23.0 Å². The van der Waals surface area contributed by atoms with Gasteiger partial charge in [0, 0.05) is 6.07 Å². The zero-order valence-corrected chi connectivity index (χ0v) is 6.59. The average Bonchev–Trinajstić information content (AvgIpc) is 2.08. The molecule has 0 spiro atoms. The second kappa shape index (κ2) is 3.51. The Hall–Kier alpha value is -1.46. The van der Waals surface area contributed by atoms with Crippen LogP contribution in [0.4, 0.5) is 13.2 Å². The van der Waals surface area contributed by atoms with Gasteiger partial charge in [0.25, 0.3) is 12.4 Å². The molecule has 3 nitrogen and oxygen atoms in total. The minimum absolute atomic E-state index is 0.339. The van der Waals surface area contributed by atoms with Crippen molar-refractivity contribution in [3.05, 3.63) is 17.7 Å². The molecule has 1 aromatic heterocycles. The van der Waals surface area contributed by atoms with E-state index in [4.69, 9.17) is 5.11 Å². The van der Waals surface area contributed by atoms with E-state index in [2.05, 4.69) is 9.72 Å². The first-order chi connectivity index (χ1) is 6.06. The Morgan fingerprint density at radius 3 is 2.62 bits per heavy atom. The fraction of sp³-hybridized carbons (Fsp3) is 0.286. The van der Waals surface area contributed by atoms with Crippen molar-refractivity contribution >= 4 is 0 Å². The molecule has 0 aliphatic heterocycles. The van der Waals surface area contributed by atoms with Crippen molar-refractivity contribution in [1.29, 1.82) is 0 Å². The van der Waals surface area contributed by atoms with Crippen LogP contribution in [-0.4, -0.2) is 17.2 Å². The lowest BCUT2D eigenvalue weighted by Gasteiger charge is -2.06. The number of aromatic hydroxyl groups is 1. The molecule has 0 unspecified atom stereocenters. The van der Waals surface area contributed by atoms with Crippen LogP contribution < -0.4 is 4.74 Å². The summed E-state index contributed by atoms with van der Waals surface area (Å²) in [6.45, 7) is 0. The number of methoxy groups -OCH3 is 1. The third-order valence-electron chi connectivity index (χ3n) is 1.38. The highest BCUT2D eigenvalue weighted by molar-refractivity contribution is 5.35. The lowest BCUT2D eigenvalue weighted by molar-refractivity contribution is 0.139. The Balaban J connectivity index is 3.25. The molecule has 0 saturated carbocycles. The molecular weight excluding hydrogens is 187 g/mol. The van der Waals surface area contributed by atoms with Crippen molar-refractivity contribution in [2.75, 3.05) is 7.11 Å². The number of pyridine rings is 1. The molecule has 0 fully saturated rings.